The van der Waals surface area contributed by atoms with Gasteiger partial charge in [-0.2, -0.15) is 4.31 Å². The van der Waals surface area contributed by atoms with Crippen molar-refractivity contribution in [1.29, 1.82) is 0 Å². The summed E-state index contributed by atoms with van der Waals surface area (Å²) in [6.07, 6.45) is 1.79. The number of hydrogen-bond acceptors (Lipinski definition) is 5. The van der Waals surface area contributed by atoms with Crippen LogP contribution < -0.4 is 0 Å². The maximum atomic E-state index is 12.6. The maximum absolute atomic E-state index is 12.6. The molecule has 8 heteroatoms. The first-order valence-electron chi connectivity index (χ1n) is 9.16. The number of benzene rings is 2. The molecule has 2 heterocycles. The highest BCUT2D eigenvalue weighted by Crippen LogP contribution is 2.23. The van der Waals surface area contributed by atoms with E-state index >= 15 is 0 Å². The summed E-state index contributed by atoms with van der Waals surface area (Å²) >= 11 is 1.34. The molecular formula is C20H21N3O3S2. The number of Topliss-reactive ketones (excluding diaryl/α,β-unsaturated/α-hetero) is 1. The van der Waals surface area contributed by atoms with E-state index in [1.54, 1.807) is 12.1 Å². The number of aromatic nitrogens is 2. The van der Waals surface area contributed by atoms with Crippen molar-refractivity contribution in [3.8, 4) is 0 Å². The van der Waals surface area contributed by atoms with E-state index < -0.39 is 10.0 Å². The fourth-order valence-corrected chi connectivity index (χ4v) is 5.57. The predicted molar refractivity (Wildman–Crippen MR) is 110 cm³/mol. The Hall–Kier alpha value is -2.16. The van der Waals surface area contributed by atoms with Crippen molar-refractivity contribution in [2.45, 2.75) is 29.8 Å². The number of ketones is 1. The number of carbonyl (C=O) groups is 1. The number of aryl methyl sites for hydroxylation is 1. The minimum absolute atomic E-state index is 0.0632. The van der Waals surface area contributed by atoms with Crippen LogP contribution >= 0.6 is 11.8 Å². The summed E-state index contributed by atoms with van der Waals surface area (Å²) in [5.41, 5.74) is 3.47. The smallest absolute Gasteiger partial charge is 0.243 e. The summed E-state index contributed by atoms with van der Waals surface area (Å²) in [4.78, 5) is 20.4. The van der Waals surface area contributed by atoms with Gasteiger partial charge in [-0.3, -0.25) is 4.79 Å². The molecule has 0 amide bonds. The van der Waals surface area contributed by atoms with Gasteiger partial charge >= 0.3 is 0 Å². The topological polar surface area (TPSA) is 83.1 Å². The number of H-pyrrole nitrogens is 1. The fraction of sp³-hybridized carbons (Fsp3) is 0.300. The van der Waals surface area contributed by atoms with Gasteiger partial charge in [-0.05, 0) is 49.6 Å². The van der Waals surface area contributed by atoms with Crippen molar-refractivity contribution in [1.82, 2.24) is 14.3 Å². The molecule has 0 atom stereocenters. The Morgan fingerprint density at radius 1 is 1.14 bits per heavy atom. The quantitative estimate of drug-likeness (QED) is 0.491. The van der Waals surface area contributed by atoms with Crippen LogP contribution in [0.2, 0.25) is 0 Å². The molecule has 1 aliphatic heterocycles. The zero-order valence-corrected chi connectivity index (χ0v) is 17.1. The number of hydrogen-bond donors (Lipinski definition) is 1. The average molecular weight is 416 g/mol. The Balaban J connectivity index is 1.43. The van der Waals surface area contributed by atoms with Gasteiger partial charge in [-0.15, -0.1) is 0 Å². The lowest BCUT2D eigenvalue weighted by Gasteiger charge is -2.15. The van der Waals surface area contributed by atoms with E-state index in [4.69, 9.17) is 0 Å². The average Bonchev–Trinajstić information content (AvgIpc) is 3.36. The number of nitrogens with zero attached hydrogens (tertiary/aromatic N) is 2. The van der Waals surface area contributed by atoms with Crippen LogP contribution in [-0.2, 0) is 10.0 Å². The van der Waals surface area contributed by atoms with Gasteiger partial charge < -0.3 is 4.98 Å². The zero-order valence-electron chi connectivity index (χ0n) is 15.5. The first-order valence-corrected chi connectivity index (χ1v) is 11.6. The normalized spacial score (nSPS) is 15.3. The van der Waals surface area contributed by atoms with Crippen molar-refractivity contribution < 1.29 is 13.2 Å². The van der Waals surface area contributed by atoms with Gasteiger partial charge in [0.2, 0.25) is 10.0 Å². The van der Waals surface area contributed by atoms with E-state index in [0.29, 0.717) is 23.8 Å². The molecule has 4 rings (SSSR count). The van der Waals surface area contributed by atoms with Crippen LogP contribution in [0.25, 0.3) is 11.0 Å². The van der Waals surface area contributed by atoms with E-state index in [1.807, 2.05) is 25.1 Å². The second kappa shape index (κ2) is 7.69. The predicted octanol–water partition coefficient (Wildman–Crippen LogP) is 3.63. The number of rotatable bonds is 6. The van der Waals surface area contributed by atoms with E-state index in [9.17, 15) is 13.2 Å². The Labute approximate surface area is 168 Å². The molecule has 1 saturated heterocycles. The molecule has 2 aromatic carbocycles. The van der Waals surface area contributed by atoms with Crippen LogP contribution in [0.4, 0.5) is 0 Å². The van der Waals surface area contributed by atoms with Gasteiger partial charge in [0, 0.05) is 18.7 Å². The summed E-state index contributed by atoms with van der Waals surface area (Å²) in [6, 6.07) is 12.2. The molecule has 0 spiro atoms. The van der Waals surface area contributed by atoms with Crippen molar-refractivity contribution in [3.63, 3.8) is 0 Å². The molecular weight excluding hydrogens is 394 g/mol. The summed E-state index contributed by atoms with van der Waals surface area (Å²) in [5, 5.41) is 0.696. The van der Waals surface area contributed by atoms with Crippen LogP contribution in [0.5, 0.6) is 0 Å². The number of fused-ring (bicyclic) bond motifs is 1. The van der Waals surface area contributed by atoms with Crippen LogP contribution in [-0.4, -0.2) is 47.3 Å². The number of nitrogens with one attached hydrogen (secondary N) is 1. The number of sulfonamides is 1. The summed E-state index contributed by atoms with van der Waals surface area (Å²) in [6.45, 7) is 3.15. The fourth-order valence-electron chi connectivity index (χ4n) is 3.28. The number of thioether (sulfide) groups is 1. The Kier molecular flexibility index (Phi) is 5.27. The second-order valence-corrected chi connectivity index (χ2v) is 9.81. The standard InChI is InChI=1S/C20H21N3O3S2/c1-14-4-9-17-18(12-14)22-20(21-17)27-13-19(24)15-5-7-16(8-6-15)28(25,26)23-10-2-3-11-23/h4-9,12H,2-3,10-11,13H2,1H3,(H,21,22). The lowest BCUT2D eigenvalue weighted by molar-refractivity contribution is 0.102. The molecule has 0 bridgehead atoms. The van der Waals surface area contributed by atoms with Crippen molar-refractivity contribution in [2.24, 2.45) is 0 Å². The largest absolute Gasteiger partial charge is 0.333 e. The molecule has 0 aliphatic carbocycles. The van der Waals surface area contributed by atoms with Gasteiger partial charge in [0.25, 0.3) is 0 Å². The highest BCUT2D eigenvalue weighted by atomic mass is 32.2. The number of carbonyl (C=O) groups excluding carboxylic acids is 1. The molecule has 1 N–H and O–H groups in total. The highest BCUT2D eigenvalue weighted by molar-refractivity contribution is 7.99. The molecule has 0 saturated carbocycles. The Morgan fingerprint density at radius 2 is 1.86 bits per heavy atom. The first kappa shape index (κ1) is 19.2. The third-order valence-corrected chi connectivity index (χ3v) is 7.62. The molecule has 3 aromatic rings. The first-order chi connectivity index (χ1) is 13.4. The molecule has 1 aromatic heterocycles. The van der Waals surface area contributed by atoms with Gasteiger partial charge in [-0.25, -0.2) is 13.4 Å². The van der Waals surface area contributed by atoms with Gasteiger partial charge in [0.05, 0.1) is 21.7 Å². The SMILES string of the molecule is Cc1ccc2nc(SCC(=O)c3ccc(S(=O)(=O)N4CCCC4)cc3)[nH]c2c1. The van der Waals surface area contributed by atoms with Crippen LogP contribution in [0, 0.1) is 6.92 Å². The monoisotopic (exact) mass is 415 g/mol. The Bertz CT molecular complexity index is 1120. The van der Waals surface area contributed by atoms with Gasteiger partial charge in [0.1, 0.15) is 0 Å². The van der Waals surface area contributed by atoms with E-state index in [2.05, 4.69) is 9.97 Å². The minimum Gasteiger partial charge on any atom is -0.333 e. The van der Waals surface area contributed by atoms with Gasteiger partial charge in [0.15, 0.2) is 10.9 Å². The highest BCUT2D eigenvalue weighted by Gasteiger charge is 2.27. The molecule has 6 nitrogen and oxygen atoms in total. The summed E-state index contributed by atoms with van der Waals surface area (Å²) in [7, 11) is -3.45. The van der Waals surface area contributed by atoms with E-state index in [0.717, 1.165) is 29.4 Å². The molecule has 0 unspecified atom stereocenters. The molecule has 0 radical (unpaired) electrons. The molecule has 28 heavy (non-hydrogen) atoms. The second-order valence-electron chi connectivity index (χ2n) is 6.91. The molecule has 146 valence electrons. The third kappa shape index (κ3) is 3.85. The summed E-state index contributed by atoms with van der Waals surface area (Å²) in [5.74, 6) is 0.170. The van der Waals surface area contributed by atoms with Crippen molar-refractivity contribution in [2.75, 3.05) is 18.8 Å². The van der Waals surface area contributed by atoms with Crippen LogP contribution in [0.3, 0.4) is 0 Å². The van der Waals surface area contributed by atoms with Gasteiger partial charge in [-0.1, -0.05) is 30.0 Å². The third-order valence-electron chi connectivity index (χ3n) is 4.83. The van der Waals surface area contributed by atoms with E-state index in [1.165, 1.54) is 28.2 Å². The lowest BCUT2D eigenvalue weighted by atomic mass is 10.1. The lowest BCUT2D eigenvalue weighted by Crippen LogP contribution is -2.27. The number of aromatic amines is 1. The number of imidazole rings is 1. The maximum Gasteiger partial charge on any atom is 0.243 e. The van der Waals surface area contributed by atoms with Crippen molar-refractivity contribution in [3.05, 3.63) is 53.6 Å². The van der Waals surface area contributed by atoms with Crippen molar-refractivity contribution >= 4 is 38.6 Å². The zero-order chi connectivity index (χ0) is 19.7. The van der Waals surface area contributed by atoms with E-state index in [-0.39, 0.29) is 16.4 Å². The summed E-state index contributed by atoms with van der Waals surface area (Å²) < 4.78 is 26.6. The van der Waals surface area contributed by atoms with Crippen LogP contribution in [0.1, 0.15) is 28.8 Å². The molecule has 1 fully saturated rings. The molecule has 1 aliphatic rings. The minimum atomic E-state index is -3.45. The van der Waals surface area contributed by atoms with Crippen LogP contribution in [0.15, 0.2) is 52.5 Å². The Morgan fingerprint density at radius 3 is 2.57 bits per heavy atom.